The van der Waals surface area contributed by atoms with Gasteiger partial charge >= 0.3 is 0 Å². The fourth-order valence-corrected chi connectivity index (χ4v) is 4.28. The second kappa shape index (κ2) is 5.68. The number of hydrogen-bond acceptors (Lipinski definition) is 4. The number of ether oxygens (including phenoxy) is 1. The van der Waals surface area contributed by atoms with Crippen LogP contribution < -0.4 is 5.73 Å². The third kappa shape index (κ3) is 3.45. The molecular formula is C15H24N2O3S. The van der Waals surface area contributed by atoms with Crippen molar-refractivity contribution in [2.45, 2.75) is 44.3 Å². The molecule has 1 aromatic carbocycles. The summed E-state index contributed by atoms with van der Waals surface area (Å²) in [5.41, 5.74) is 7.18. The average Bonchev–Trinajstić information content (AvgIpc) is 2.39. The number of hydrogen-bond donors (Lipinski definition) is 1. The minimum Gasteiger partial charge on any atom is -0.368 e. The first-order chi connectivity index (χ1) is 9.65. The summed E-state index contributed by atoms with van der Waals surface area (Å²) in [5.74, 6) is 0. The van der Waals surface area contributed by atoms with Crippen LogP contribution in [-0.2, 0) is 14.8 Å². The zero-order valence-electron chi connectivity index (χ0n) is 13.1. The van der Waals surface area contributed by atoms with Crippen LogP contribution in [0.4, 0.5) is 0 Å². The largest absolute Gasteiger partial charge is 0.368 e. The second-order valence-corrected chi connectivity index (χ2v) is 8.22. The van der Waals surface area contributed by atoms with E-state index in [1.165, 1.54) is 4.31 Å². The van der Waals surface area contributed by atoms with E-state index in [9.17, 15) is 8.42 Å². The molecule has 0 aromatic heterocycles. The highest BCUT2D eigenvalue weighted by Crippen LogP contribution is 2.27. The first-order valence-electron chi connectivity index (χ1n) is 7.11. The molecule has 0 aliphatic carbocycles. The van der Waals surface area contributed by atoms with E-state index in [1.807, 2.05) is 33.8 Å². The molecule has 6 heteroatoms. The van der Waals surface area contributed by atoms with Crippen LogP contribution in [0.25, 0.3) is 0 Å². The molecule has 1 aromatic rings. The first-order valence-corrected chi connectivity index (χ1v) is 8.55. The SMILES string of the molecule is Cc1ccc(S(=O)(=O)N2CC(CN)OC(C)(C)C2)cc1C. The lowest BCUT2D eigenvalue weighted by atomic mass is 10.1. The summed E-state index contributed by atoms with van der Waals surface area (Å²) < 4.78 is 32.9. The molecule has 0 saturated carbocycles. The molecule has 0 spiro atoms. The van der Waals surface area contributed by atoms with E-state index < -0.39 is 15.6 Å². The summed E-state index contributed by atoms with van der Waals surface area (Å²) in [7, 11) is -3.52. The van der Waals surface area contributed by atoms with E-state index in [-0.39, 0.29) is 6.10 Å². The Bertz CT molecular complexity index is 626. The van der Waals surface area contributed by atoms with Crippen molar-refractivity contribution in [1.82, 2.24) is 4.31 Å². The second-order valence-electron chi connectivity index (χ2n) is 6.28. The van der Waals surface area contributed by atoms with Gasteiger partial charge in [-0.15, -0.1) is 0 Å². The summed E-state index contributed by atoms with van der Waals surface area (Å²) in [5, 5.41) is 0. The van der Waals surface area contributed by atoms with Crippen LogP contribution >= 0.6 is 0 Å². The number of nitrogens with zero attached hydrogens (tertiary/aromatic N) is 1. The Balaban J connectivity index is 2.36. The van der Waals surface area contributed by atoms with Gasteiger partial charge in [-0.3, -0.25) is 0 Å². The third-order valence-electron chi connectivity index (χ3n) is 3.83. The number of nitrogens with two attached hydrogens (primary N) is 1. The van der Waals surface area contributed by atoms with Crippen LogP contribution in [0.5, 0.6) is 0 Å². The van der Waals surface area contributed by atoms with Gasteiger partial charge in [0.2, 0.25) is 10.0 Å². The summed E-state index contributed by atoms with van der Waals surface area (Å²) >= 11 is 0. The van der Waals surface area contributed by atoms with Crippen molar-refractivity contribution in [3.05, 3.63) is 29.3 Å². The molecule has 1 atom stereocenters. The minimum atomic E-state index is -3.52. The van der Waals surface area contributed by atoms with Crippen molar-refractivity contribution in [1.29, 1.82) is 0 Å². The van der Waals surface area contributed by atoms with Crippen LogP contribution in [0.15, 0.2) is 23.1 Å². The van der Waals surface area contributed by atoms with Crippen molar-refractivity contribution < 1.29 is 13.2 Å². The summed E-state index contributed by atoms with van der Waals surface area (Å²) in [6.45, 7) is 8.60. The van der Waals surface area contributed by atoms with Gasteiger partial charge in [0.1, 0.15) is 0 Å². The predicted octanol–water partition coefficient (Wildman–Crippen LogP) is 1.43. The minimum absolute atomic E-state index is 0.268. The molecule has 0 radical (unpaired) electrons. The Kier molecular flexibility index (Phi) is 4.44. The van der Waals surface area contributed by atoms with Gasteiger partial charge in [-0.05, 0) is 51.0 Å². The average molecular weight is 312 g/mol. The van der Waals surface area contributed by atoms with Gasteiger partial charge in [-0.2, -0.15) is 4.31 Å². The standard InChI is InChI=1S/C15H24N2O3S/c1-11-5-6-14(7-12(11)2)21(18,19)17-9-13(8-16)20-15(3,4)10-17/h5-7,13H,8-10,16H2,1-4H3. The summed E-state index contributed by atoms with van der Waals surface area (Å²) in [4.78, 5) is 0.332. The van der Waals surface area contributed by atoms with Gasteiger partial charge < -0.3 is 10.5 Å². The van der Waals surface area contributed by atoms with Gasteiger partial charge in [0, 0.05) is 19.6 Å². The maximum absolute atomic E-state index is 12.8. The van der Waals surface area contributed by atoms with E-state index >= 15 is 0 Å². The number of rotatable bonds is 3. The molecule has 2 N–H and O–H groups in total. The summed E-state index contributed by atoms with van der Waals surface area (Å²) in [6.07, 6.45) is -0.268. The lowest BCUT2D eigenvalue weighted by Gasteiger charge is -2.41. The van der Waals surface area contributed by atoms with E-state index in [2.05, 4.69) is 0 Å². The van der Waals surface area contributed by atoms with Crippen LogP contribution in [0.1, 0.15) is 25.0 Å². The lowest BCUT2D eigenvalue weighted by Crippen LogP contribution is -2.56. The highest BCUT2D eigenvalue weighted by Gasteiger charge is 2.38. The zero-order chi connectivity index (χ0) is 15.8. The van der Waals surface area contributed by atoms with E-state index in [0.29, 0.717) is 24.5 Å². The molecular weight excluding hydrogens is 288 g/mol. The van der Waals surface area contributed by atoms with Gasteiger partial charge in [0.05, 0.1) is 16.6 Å². The van der Waals surface area contributed by atoms with Gasteiger partial charge in [0.25, 0.3) is 0 Å². The predicted molar refractivity (Wildman–Crippen MR) is 82.7 cm³/mol. The molecule has 0 amide bonds. The van der Waals surface area contributed by atoms with E-state index in [1.54, 1.807) is 12.1 Å². The summed E-state index contributed by atoms with van der Waals surface area (Å²) in [6, 6.07) is 5.23. The smallest absolute Gasteiger partial charge is 0.243 e. The van der Waals surface area contributed by atoms with E-state index in [0.717, 1.165) is 11.1 Å². The van der Waals surface area contributed by atoms with Crippen LogP contribution in [0, 0.1) is 13.8 Å². The zero-order valence-corrected chi connectivity index (χ0v) is 13.9. The molecule has 1 heterocycles. The number of sulfonamides is 1. The number of aryl methyl sites for hydroxylation is 2. The molecule has 1 unspecified atom stereocenters. The number of morpholine rings is 1. The van der Waals surface area contributed by atoms with Crippen molar-refractivity contribution in [2.75, 3.05) is 19.6 Å². The van der Waals surface area contributed by atoms with Crippen LogP contribution in [0.3, 0.4) is 0 Å². The van der Waals surface area contributed by atoms with E-state index in [4.69, 9.17) is 10.5 Å². The normalized spacial score (nSPS) is 23.2. The Morgan fingerprint density at radius 2 is 2.00 bits per heavy atom. The molecule has 2 rings (SSSR count). The third-order valence-corrected chi connectivity index (χ3v) is 5.64. The molecule has 5 nitrogen and oxygen atoms in total. The first kappa shape index (κ1) is 16.4. The molecule has 1 aliphatic heterocycles. The van der Waals surface area contributed by atoms with Crippen molar-refractivity contribution >= 4 is 10.0 Å². The van der Waals surface area contributed by atoms with Gasteiger partial charge in [0.15, 0.2) is 0 Å². The lowest BCUT2D eigenvalue weighted by molar-refractivity contribution is -0.112. The van der Waals surface area contributed by atoms with Gasteiger partial charge in [-0.25, -0.2) is 8.42 Å². The molecule has 0 bridgehead atoms. The Hall–Kier alpha value is -0.950. The maximum Gasteiger partial charge on any atom is 0.243 e. The maximum atomic E-state index is 12.8. The molecule has 1 saturated heterocycles. The van der Waals surface area contributed by atoms with Gasteiger partial charge in [-0.1, -0.05) is 6.07 Å². The molecule has 118 valence electrons. The highest BCUT2D eigenvalue weighted by atomic mass is 32.2. The topological polar surface area (TPSA) is 72.6 Å². The van der Waals surface area contributed by atoms with Crippen molar-refractivity contribution in [3.8, 4) is 0 Å². The quantitative estimate of drug-likeness (QED) is 0.916. The highest BCUT2D eigenvalue weighted by molar-refractivity contribution is 7.89. The fourth-order valence-electron chi connectivity index (χ4n) is 2.57. The number of benzene rings is 1. The Labute approximate surface area is 127 Å². The van der Waals surface area contributed by atoms with Crippen molar-refractivity contribution in [2.24, 2.45) is 5.73 Å². The van der Waals surface area contributed by atoms with Crippen molar-refractivity contribution in [3.63, 3.8) is 0 Å². The molecule has 21 heavy (non-hydrogen) atoms. The molecule has 1 fully saturated rings. The monoisotopic (exact) mass is 312 g/mol. The Morgan fingerprint density at radius 1 is 1.33 bits per heavy atom. The van der Waals surface area contributed by atoms with Crippen LogP contribution in [-0.4, -0.2) is 44.1 Å². The van der Waals surface area contributed by atoms with Crippen LogP contribution in [0.2, 0.25) is 0 Å². The molecule has 1 aliphatic rings. The fraction of sp³-hybridized carbons (Fsp3) is 0.600. The Morgan fingerprint density at radius 3 is 2.57 bits per heavy atom.